The maximum atomic E-state index is 14.8. The molecule has 3 aromatic carbocycles. The van der Waals surface area contributed by atoms with Crippen LogP contribution in [0.15, 0.2) is 91.0 Å². The van der Waals surface area contributed by atoms with Gasteiger partial charge in [0.2, 0.25) is 0 Å². The van der Waals surface area contributed by atoms with Gasteiger partial charge in [-0.15, -0.1) is 0 Å². The third-order valence-electron chi connectivity index (χ3n) is 5.07. The Morgan fingerprint density at radius 1 is 0.778 bits per heavy atom. The molecule has 0 bridgehead atoms. The van der Waals surface area contributed by atoms with Crippen LogP contribution in [0.5, 0.6) is 5.75 Å². The van der Waals surface area contributed by atoms with E-state index in [1.807, 2.05) is 30.3 Å². The molecule has 0 saturated heterocycles. The Balaban J connectivity index is 1.70. The van der Waals surface area contributed by atoms with Crippen LogP contribution in [0.25, 0.3) is 24.3 Å². The summed E-state index contributed by atoms with van der Waals surface area (Å²) in [6.07, 6.45) is 7.00. The van der Waals surface area contributed by atoms with Gasteiger partial charge in [0, 0.05) is 22.3 Å². The Hall–Kier alpha value is -4.51. The lowest BCUT2D eigenvalue weighted by molar-refractivity contribution is -0.140. The number of rotatable bonds is 9. The molecule has 0 aliphatic carbocycles. The van der Waals surface area contributed by atoms with Crippen LogP contribution < -0.4 is 4.74 Å². The van der Waals surface area contributed by atoms with Crippen molar-refractivity contribution in [2.45, 2.75) is 20.5 Å². The number of halogens is 1. The average Bonchev–Trinajstić information content (AvgIpc) is 2.86. The Kier molecular flexibility index (Phi) is 8.89. The number of benzene rings is 3. The summed E-state index contributed by atoms with van der Waals surface area (Å²) in [5.74, 6) is -0.916. The fraction of sp³-hybridized carbons (Fsp3) is 0.0968. The fourth-order valence-electron chi connectivity index (χ4n) is 3.11. The highest BCUT2D eigenvalue weighted by Gasteiger charge is 2.08. The van der Waals surface area contributed by atoms with Gasteiger partial charge >= 0.3 is 11.9 Å². The Morgan fingerprint density at radius 2 is 1.44 bits per heavy atom. The van der Waals surface area contributed by atoms with Crippen molar-refractivity contribution in [2.75, 3.05) is 0 Å². The molecule has 0 atom stereocenters. The molecule has 0 aliphatic heterocycles. The average molecular weight is 483 g/mol. The highest BCUT2D eigenvalue weighted by Crippen LogP contribution is 2.23. The fourth-order valence-corrected chi connectivity index (χ4v) is 3.11. The maximum Gasteiger partial charge on any atom is 0.338 e. The summed E-state index contributed by atoms with van der Waals surface area (Å²) in [5.41, 5.74) is 4.09. The second-order valence-electron chi connectivity index (χ2n) is 8.26. The monoisotopic (exact) mass is 482 g/mol. The molecule has 0 N–H and O–H groups in total. The van der Waals surface area contributed by atoms with Crippen LogP contribution in [0.3, 0.4) is 0 Å². The number of hydrogen-bond acceptors (Lipinski definition) is 4. The largest absolute Gasteiger partial charge is 0.457 e. The SMILES string of the molecule is C=C(C)C(=O)OCc1cccc(C=Cc2ccc(C=Cc3ccccc3OC(=O)C(=C)C)cc2F)c1. The van der Waals surface area contributed by atoms with Gasteiger partial charge in [0.25, 0.3) is 0 Å². The minimum absolute atomic E-state index is 0.137. The molecule has 0 aromatic heterocycles. The van der Waals surface area contributed by atoms with E-state index in [4.69, 9.17) is 9.47 Å². The molecular formula is C31H27FO4. The lowest BCUT2D eigenvalue weighted by Crippen LogP contribution is -2.08. The van der Waals surface area contributed by atoms with Gasteiger partial charge < -0.3 is 9.47 Å². The first-order chi connectivity index (χ1) is 17.2. The summed E-state index contributed by atoms with van der Waals surface area (Å²) in [4.78, 5) is 23.4. The van der Waals surface area contributed by atoms with E-state index in [9.17, 15) is 14.0 Å². The molecule has 36 heavy (non-hydrogen) atoms. The molecular weight excluding hydrogens is 455 g/mol. The van der Waals surface area contributed by atoms with Crippen molar-refractivity contribution in [1.29, 1.82) is 0 Å². The van der Waals surface area contributed by atoms with Crippen molar-refractivity contribution >= 4 is 36.2 Å². The number of carbonyl (C=O) groups is 2. The zero-order valence-corrected chi connectivity index (χ0v) is 20.3. The van der Waals surface area contributed by atoms with Crippen molar-refractivity contribution in [3.05, 3.63) is 125 Å². The second-order valence-corrected chi connectivity index (χ2v) is 8.26. The molecule has 0 aliphatic rings. The summed E-state index contributed by atoms with van der Waals surface area (Å²) >= 11 is 0. The van der Waals surface area contributed by atoms with Gasteiger partial charge in [0.1, 0.15) is 18.2 Å². The highest BCUT2D eigenvalue weighted by atomic mass is 19.1. The van der Waals surface area contributed by atoms with Gasteiger partial charge in [0.05, 0.1) is 0 Å². The third-order valence-corrected chi connectivity index (χ3v) is 5.07. The molecule has 0 unspecified atom stereocenters. The van der Waals surface area contributed by atoms with Crippen LogP contribution >= 0.6 is 0 Å². The smallest absolute Gasteiger partial charge is 0.338 e. The van der Waals surface area contributed by atoms with Crippen LogP contribution in [0.1, 0.15) is 41.7 Å². The quantitative estimate of drug-likeness (QED) is 0.139. The highest BCUT2D eigenvalue weighted by molar-refractivity contribution is 5.89. The van der Waals surface area contributed by atoms with Gasteiger partial charge in [-0.05, 0) is 48.7 Å². The Labute approximate surface area is 210 Å². The minimum atomic E-state index is -0.503. The molecule has 0 saturated carbocycles. The van der Waals surface area contributed by atoms with Crippen molar-refractivity contribution in [3.63, 3.8) is 0 Å². The summed E-state index contributed by atoms with van der Waals surface area (Å²) in [6.45, 7) is 10.5. The predicted molar refractivity (Wildman–Crippen MR) is 142 cm³/mol. The van der Waals surface area contributed by atoms with Crippen molar-refractivity contribution in [2.24, 2.45) is 0 Å². The van der Waals surface area contributed by atoms with E-state index in [2.05, 4.69) is 13.2 Å². The molecule has 0 amide bonds. The van der Waals surface area contributed by atoms with Crippen LogP contribution in [0, 0.1) is 5.82 Å². The van der Waals surface area contributed by atoms with Crippen molar-refractivity contribution in [3.8, 4) is 5.75 Å². The normalized spacial score (nSPS) is 11.0. The molecule has 4 nitrogen and oxygen atoms in total. The number of carbonyl (C=O) groups excluding carboxylic acids is 2. The Morgan fingerprint density at radius 3 is 2.14 bits per heavy atom. The van der Waals surface area contributed by atoms with E-state index in [0.29, 0.717) is 33.6 Å². The first kappa shape index (κ1) is 26.1. The minimum Gasteiger partial charge on any atom is -0.457 e. The van der Waals surface area contributed by atoms with Crippen LogP contribution in [0.2, 0.25) is 0 Å². The third kappa shape index (κ3) is 7.50. The predicted octanol–water partition coefficient (Wildman–Crippen LogP) is 7.27. The Bertz CT molecular complexity index is 1360. The van der Waals surface area contributed by atoms with Gasteiger partial charge in [-0.25, -0.2) is 14.0 Å². The van der Waals surface area contributed by atoms with E-state index >= 15 is 0 Å². The van der Waals surface area contributed by atoms with E-state index in [-0.39, 0.29) is 12.4 Å². The molecule has 182 valence electrons. The second kappa shape index (κ2) is 12.3. The molecule has 0 fully saturated rings. The first-order valence-electron chi connectivity index (χ1n) is 11.3. The van der Waals surface area contributed by atoms with E-state index in [1.54, 1.807) is 68.5 Å². The van der Waals surface area contributed by atoms with Crippen molar-refractivity contribution in [1.82, 2.24) is 0 Å². The lowest BCUT2D eigenvalue weighted by atomic mass is 10.1. The molecule has 0 radical (unpaired) electrons. The van der Waals surface area contributed by atoms with E-state index in [0.717, 1.165) is 11.1 Å². The number of para-hydroxylation sites is 1. The van der Waals surface area contributed by atoms with Gasteiger partial charge in [0.15, 0.2) is 0 Å². The summed E-state index contributed by atoms with van der Waals surface area (Å²) in [6, 6.07) is 19.5. The van der Waals surface area contributed by atoms with Gasteiger partial charge in [-0.2, -0.15) is 0 Å². The molecule has 5 heteroatoms. The van der Waals surface area contributed by atoms with E-state index in [1.165, 1.54) is 6.07 Å². The number of ether oxygens (including phenoxy) is 2. The van der Waals surface area contributed by atoms with E-state index < -0.39 is 11.9 Å². The summed E-state index contributed by atoms with van der Waals surface area (Å²) in [5, 5.41) is 0. The molecule has 3 rings (SSSR count). The molecule has 0 heterocycles. The first-order valence-corrected chi connectivity index (χ1v) is 11.3. The van der Waals surface area contributed by atoms with Crippen LogP contribution in [-0.2, 0) is 20.9 Å². The number of esters is 2. The van der Waals surface area contributed by atoms with Gasteiger partial charge in [-0.3, -0.25) is 0 Å². The van der Waals surface area contributed by atoms with Crippen LogP contribution in [-0.4, -0.2) is 11.9 Å². The zero-order chi connectivity index (χ0) is 26.1. The topological polar surface area (TPSA) is 52.6 Å². The summed E-state index contributed by atoms with van der Waals surface area (Å²) in [7, 11) is 0. The zero-order valence-electron chi connectivity index (χ0n) is 20.3. The van der Waals surface area contributed by atoms with Gasteiger partial charge in [-0.1, -0.05) is 86.0 Å². The summed E-state index contributed by atoms with van der Waals surface area (Å²) < 4.78 is 25.3. The lowest BCUT2D eigenvalue weighted by Gasteiger charge is -2.07. The standard InChI is InChI=1S/C31H27FO4/c1-21(2)30(33)35-20-25-9-7-8-23(18-25)12-15-26-16-13-24(19-28(26)32)14-17-27-10-5-6-11-29(27)36-31(34)22(3)4/h5-19H,1,3,20H2,2,4H3. The maximum absolute atomic E-state index is 14.8. The molecule has 0 spiro atoms. The number of hydrogen-bond donors (Lipinski definition) is 0. The molecule has 3 aromatic rings. The van der Waals surface area contributed by atoms with Crippen molar-refractivity contribution < 1.29 is 23.5 Å². The van der Waals surface area contributed by atoms with Crippen LogP contribution in [0.4, 0.5) is 4.39 Å².